The van der Waals surface area contributed by atoms with E-state index < -0.39 is 0 Å². The Balaban J connectivity index is 1.56. The molecule has 0 bridgehead atoms. The molecule has 0 aliphatic carbocycles. The van der Waals surface area contributed by atoms with Gasteiger partial charge in [0.1, 0.15) is 6.10 Å². The van der Waals surface area contributed by atoms with Crippen molar-refractivity contribution < 1.29 is 9.47 Å². The van der Waals surface area contributed by atoms with E-state index in [2.05, 4.69) is 20.6 Å². The molecule has 1 atom stereocenters. The summed E-state index contributed by atoms with van der Waals surface area (Å²) >= 11 is 0. The number of ether oxygens (including phenoxy) is 2. The second-order valence-corrected chi connectivity index (χ2v) is 5.06. The molecule has 1 heterocycles. The van der Waals surface area contributed by atoms with Gasteiger partial charge in [-0.25, -0.2) is 0 Å². The van der Waals surface area contributed by atoms with Crippen LogP contribution in [0.1, 0.15) is 23.1 Å². The van der Waals surface area contributed by atoms with E-state index in [-0.39, 0.29) is 6.10 Å². The van der Waals surface area contributed by atoms with Gasteiger partial charge in [-0.05, 0) is 11.1 Å². The maximum Gasteiger partial charge on any atom is 0.205 e. The number of H-pyrrole nitrogens is 1. The van der Waals surface area contributed by atoms with E-state index in [1.54, 1.807) is 0 Å². The predicted molar refractivity (Wildman–Crippen MR) is 84.2 cm³/mol. The maximum absolute atomic E-state index is 5.90. The van der Waals surface area contributed by atoms with Crippen LogP contribution >= 0.6 is 0 Å². The molecular formula is C17H18N4O2. The van der Waals surface area contributed by atoms with Gasteiger partial charge in [0.05, 0.1) is 19.8 Å². The van der Waals surface area contributed by atoms with E-state index in [9.17, 15) is 0 Å². The van der Waals surface area contributed by atoms with Gasteiger partial charge < -0.3 is 9.47 Å². The zero-order chi connectivity index (χ0) is 15.7. The standard InChI is InChI=1S/C17H18N4O2/c1-3-7-14(8-4-1)11-22-13-16(17-18-20-21-19-17)23-12-15-9-5-2-6-10-15/h1-10,16H,11-13H2,(H,18,19,20,21)/t16-/m1/s1. The highest BCUT2D eigenvalue weighted by atomic mass is 16.5. The van der Waals surface area contributed by atoms with Crippen molar-refractivity contribution in [2.45, 2.75) is 19.3 Å². The third-order valence-corrected chi connectivity index (χ3v) is 3.32. The average molecular weight is 310 g/mol. The molecule has 6 heteroatoms. The summed E-state index contributed by atoms with van der Waals surface area (Å²) in [6.45, 7) is 1.35. The molecular weight excluding hydrogens is 292 g/mol. The number of hydrogen-bond acceptors (Lipinski definition) is 5. The minimum absolute atomic E-state index is 0.362. The number of rotatable bonds is 8. The van der Waals surface area contributed by atoms with E-state index in [1.165, 1.54) is 0 Å². The number of benzene rings is 2. The lowest BCUT2D eigenvalue weighted by Gasteiger charge is -2.15. The molecule has 0 aliphatic heterocycles. The lowest BCUT2D eigenvalue weighted by Crippen LogP contribution is -2.14. The van der Waals surface area contributed by atoms with Gasteiger partial charge in [0.2, 0.25) is 5.82 Å². The van der Waals surface area contributed by atoms with Crippen molar-refractivity contribution in [3.63, 3.8) is 0 Å². The Morgan fingerprint density at radius 3 is 2.13 bits per heavy atom. The number of hydrogen-bond donors (Lipinski definition) is 1. The molecule has 1 aromatic heterocycles. The van der Waals surface area contributed by atoms with Crippen LogP contribution in [0, 0.1) is 0 Å². The van der Waals surface area contributed by atoms with Gasteiger partial charge in [-0.2, -0.15) is 5.21 Å². The lowest BCUT2D eigenvalue weighted by atomic mass is 10.2. The quantitative estimate of drug-likeness (QED) is 0.692. The van der Waals surface area contributed by atoms with Crippen LogP contribution in [0.3, 0.4) is 0 Å². The molecule has 0 aliphatic rings. The minimum Gasteiger partial charge on any atom is -0.374 e. The maximum atomic E-state index is 5.90. The second-order valence-electron chi connectivity index (χ2n) is 5.06. The fraction of sp³-hybridized carbons (Fsp3) is 0.235. The number of tetrazole rings is 1. The second kappa shape index (κ2) is 8.17. The summed E-state index contributed by atoms with van der Waals surface area (Å²) < 4.78 is 11.6. The van der Waals surface area contributed by atoms with Gasteiger partial charge in [0, 0.05) is 0 Å². The molecule has 0 saturated heterocycles. The number of nitrogens with zero attached hydrogens (tertiary/aromatic N) is 3. The summed E-state index contributed by atoms with van der Waals surface area (Å²) in [6.07, 6.45) is -0.363. The number of nitrogens with one attached hydrogen (secondary N) is 1. The summed E-state index contributed by atoms with van der Waals surface area (Å²) in [5, 5.41) is 14.0. The Morgan fingerprint density at radius 1 is 0.870 bits per heavy atom. The number of aromatic nitrogens is 4. The zero-order valence-electron chi connectivity index (χ0n) is 12.6. The predicted octanol–water partition coefficient (Wildman–Crippen LogP) is 2.67. The summed E-state index contributed by atoms with van der Waals surface area (Å²) in [4.78, 5) is 0. The molecule has 23 heavy (non-hydrogen) atoms. The highest BCUT2D eigenvalue weighted by Crippen LogP contribution is 2.16. The third kappa shape index (κ3) is 4.70. The van der Waals surface area contributed by atoms with Crippen LogP contribution in [0.2, 0.25) is 0 Å². The molecule has 0 saturated carbocycles. The first-order valence-corrected chi connectivity index (χ1v) is 7.42. The van der Waals surface area contributed by atoms with Gasteiger partial charge in [0.15, 0.2) is 0 Å². The van der Waals surface area contributed by atoms with Crippen molar-refractivity contribution in [3.05, 3.63) is 77.6 Å². The largest absolute Gasteiger partial charge is 0.374 e. The number of aromatic amines is 1. The molecule has 3 rings (SSSR count). The monoisotopic (exact) mass is 310 g/mol. The Labute approximate surface area is 134 Å². The van der Waals surface area contributed by atoms with Crippen LogP contribution in [-0.4, -0.2) is 27.2 Å². The fourth-order valence-corrected chi connectivity index (χ4v) is 2.13. The molecule has 6 nitrogen and oxygen atoms in total. The first-order chi connectivity index (χ1) is 11.4. The normalized spacial score (nSPS) is 12.2. The lowest BCUT2D eigenvalue weighted by molar-refractivity contribution is -0.0356. The Bertz CT molecular complexity index is 674. The van der Waals surface area contributed by atoms with E-state index in [0.29, 0.717) is 25.6 Å². The van der Waals surface area contributed by atoms with Crippen LogP contribution in [0.4, 0.5) is 0 Å². The molecule has 0 radical (unpaired) electrons. The molecule has 118 valence electrons. The van der Waals surface area contributed by atoms with Crippen LogP contribution in [0.15, 0.2) is 60.7 Å². The first-order valence-electron chi connectivity index (χ1n) is 7.42. The van der Waals surface area contributed by atoms with Gasteiger partial charge in [-0.1, -0.05) is 65.9 Å². The molecule has 0 fully saturated rings. The highest BCUT2D eigenvalue weighted by molar-refractivity contribution is 5.14. The van der Waals surface area contributed by atoms with Crippen molar-refractivity contribution in [2.75, 3.05) is 6.61 Å². The smallest absolute Gasteiger partial charge is 0.205 e. The van der Waals surface area contributed by atoms with E-state index >= 15 is 0 Å². The van der Waals surface area contributed by atoms with E-state index in [1.807, 2.05) is 60.7 Å². The molecule has 3 aromatic rings. The van der Waals surface area contributed by atoms with Crippen molar-refractivity contribution >= 4 is 0 Å². The molecule has 2 aromatic carbocycles. The zero-order valence-corrected chi connectivity index (χ0v) is 12.6. The molecule has 0 spiro atoms. The minimum atomic E-state index is -0.363. The van der Waals surface area contributed by atoms with Crippen LogP contribution in [0.25, 0.3) is 0 Å². The van der Waals surface area contributed by atoms with Crippen molar-refractivity contribution in [1.29, 1.82) is 0 Å². The van der Waals surface area contributed by atoms with E-state index in [0.717, 1.165) is 11.1 Å². The fourth-order valence-electron chi connectivity index (χ4n) is 2.13. The van der Waals surface area contributed by atoms with Crippen molar-refractivity contribution in [2.24, 2.45) is 0 Å². The van der Waals surface area contributed by atoms with Gasteiger partial charge in [-0.3, -0.25) is 0 Å². The van der Waals surface area contributed by atoms with Crippen molar-refractivity contribution in [3.8, 4) is 0 Å². The van der Waals surface area contributed by atoms with E-state index in [4.69, 9.17) is 9.47 Å². The summed E-state index contributed by atoms with van der Waals surface area (Å²) in [6, 6.07) is 20.0. The Hall–Kier alpha value is -2.57. The summed E-state index contributed by atoms with van der Waals surface area (Å²) in [5.74, 6) is 0.494. The highest BCUT2D eigenvalue weighted by Gasteiger charge is 2.17. The summed E-state index contributed by atoms with van der Waals surface area (Å²) in [7, 11) is 0. The molecule has 1 N–H and O–H groups in total. The average Bonchev–Trinajstić information content (AvgIpc) is 3.14. The topological polar surface area (TPSA) is 72.9 Å². The van der Waals surface area contributed by atoms with Crippen LogP contribution < -0.4 is 0 Å². The van der Waals surface area contributed by atoms with Gasteiger partial charge in [-0.15, -0.1) is 10.2 Å². The first kappa shape index (κ1) is 15.3. The summed E-state index contributed by atoms with van der Waals surface area (Å²) in [5.41, 5.74) is 2.20. The Kier molecular flexibility index (Phi) is 5.44. The van der Waals surface area contributed by atoms with Crippen LogP contribution in [0.5, 0.6) is 0 Å². The van der Waals surface area contributed by atoms with Crippen LogP contribution in [-0.2, 0) is 22.7 Å². The van der Waals surface area contributed by atoms with Gasteiger partial charge >= 0.3 is 0 Å². The van der Waals surface area contributed by atoms with Crippen molar-refractivity contribution in [1.82, 2.24) is 20.6 Å². The molecule has 0 amide bonds. The Morgan fingerprint density at radius 2 is 1.52 bits per heavy atom. The SMILES string of the molecule is c1ccc(COC[C@@H](OCc2ccccc2)c2nn[nH]n2)cc1. The van der Waals surface area contributed by atoms with Gasteiger partial charge in [0.25, 0.3) is 0 Å². The third-order valence-electron chi connectivity index (χ3n) is 3.32. The molecule has 0 unspecified atom stereocenters.